The Morgan fingerprint density at radius 2 is 1.88 bits per heavy atom. The number of nitrogens with zero attached hydrogens (tertiary/aromatic N) is 2. The maximum absolute atomic E-state index is 5.23. The van der Waals surface area contributed by atoms with Crippen molar-refractivity contribution in [1.29, 1.82) is 0 Å². The zero-order valence-electron chi connectivity index (χ0n) is 14.3. The molecule has 0 spiro atoms. The van der Waals surface area contributed by atoms with Crippen molar-refractivity contribution in [3.05, 3.63) is 65.7 Å². The van der Waals surface area contributed by atoms with Crippen molar-refractivity contribution in [2.24, 2.45) is 4.99 Å². The highest BCUT2D eigenvalue weighted by Gasteiger charge is 2.36. The van der Waals surface area contributed by atoms with Crippen molar-refractivity contribution >= 4 is 30.0 Å². The average molecular weight is 375 g/mol. The molecular weight excluding hydrogens is 352 g/mol. The fraction of sp³-hybridized carbons (Fsp3) is 0.350. The van der Waals surface area contributed by atoms with Crippen LogP contribution in [0, 0.1) is 0 Å². The topological polar surface area (TPSA) is 24.8 Å². The van der Waals surface area contributed by atoms with Crippen molar-refractivity contribution in [2.75, 3.05) is 20.2 Å². The number of hydrogen-bond acceptors (Lipinski definition) is 4. The smallest absolute Gasteiger partial charge is 0.118 e. The molecule has 0 aliphatic carbocycles. The lowest BCUT2D eigenvalue weighted by Crippen LogP contribution is -2.24. The second-order valence-corrected chi connectivity index (χ2v) is 7.49. The minimum absolute atomic E-state index is 0. The summed E-state index contributed by atoms with van der Waals surface area (Å²) in [6.45, 7) is 2.18. The van der Waals surface area contributed by atoms with Crippen molar-refractivity contribution in [3.8, 4) is 5.75 Å². The highest BCUT2D eigenvalue weighted by Crippen LogP contribution is 2.35. The molecule has 0 N–H and O–H groups in total. The van der Waals surface area contributed by atoms with E-state index in [2.05, 4.69) is 47.4 Å². The zero-order chi connectivity index (χ0) is 16.4. The van der Waals surface area contributed by atoms with Gasteiger partial charge in [0.15, 0.2) is 0 Å². The Labute approximate surface area is 159 Å². The van der Waals surface area contributed by atoms with Crippen LogP contribution in [0.1, 0.15) is 23.6 Å². The molecule has 0 aromatic heterocycles. The van der Waals surface area contributed by atoms with Gasteiger partial charge in [0.05, 0.1) is 18.4 Å². The molecule has 2 aromatic rings. The molecule has 2 unspecified atom stereocenters. The van der Waals surface area contributed by atoms with Gasteiger partial charge >= 0.3 is 0 Å². The van der Waals surface area contributed by atoms with E-state index in [4.69, 9.17) is 9.73 Å². The van der Waals surface area contributed by atoms with Gasteiger partial charge in [0, 0.05) is 18.8 Å². The number of methoxy groups -OCH3 is 1. The van der Waals surface area contributed by atoms with Crippen LogP contribution in [0.4, 0.5) is 0 Å². The van der Waals surface area contributed by atoms with Gasteiger partial charge < -0.3 is 9.64 Å². The molecule has 0 radical (unpaired) electrons. The molecule has 2 aromatic carbocycles. The van der Waals surface area contributed by atoms with Crippen LogP contribution < -0.4 is 4.74 Å². The molecule has 2 heterocycles. The molecule has 0 saturated carbocycles. The van der Waals surface area contributed by atoms with Crippen LogP contribution >= 0.6 is 24.2 Å². The molecule has 1 fully saturated rings. The first-order valence-electron chi connectivity index (χ1n) is 8.45. The maximum atomic E-state index is 5.23. The van der Waals surface area contributed by atoms with E-state index in [0.29, 0.717) is 11.3 Å². The van der Waals surface area contributed by atoms with Crippen molar-refractivity contribution in [3.63, 3.8) is 0 Å². The number of ether oxygens (including phenoxy) is 1. The summed E-state index contributed by atoms with van der Waals surface area (Å²) in [5.41, 5.74) is 2.68. The zero-order valence-corrected chi connectivity index (χ0v) is 15.9. The van der Waals surface area contributed by atoms with Crippen molar-refractivity contribution in [1.82, 2.24) is 4.90 Å². The van der Waals surface area contributed by atoms with E-state index in [9.17, 15) is 0 Å². The first kappa shape index (κ1) is 18.2. The Bertz CT molecular complexity index is 720. The summed E-state index contributed by atoms with van der Waals surface area (Å²) < 4.78 is 5.23. The normalized spacial score (nSPS) is 21.5. The molecule has 4 rings (SSSR count). The summed E-state index contributed by atoms with van der Waals surface area (Å²) in [7, 11) is 1.71. The van der Waals surface area contributed by atoms with E-state index < -0.39 is 0 Å². The van der Waals surface area contributed by atoms with Crippen LogP contribution in [0.5, 0.6) is 5.75 Å². The fourth-order valence-corrected chi connectivity index (χ4v) is 4.63. The van der Waals surface area contributed by atoms with Crippen LogP contribution in [0.3, 0.4) is 0 Å². The summed E-state index contributed by atoms with van der Waals surface area (Å²) in [6.07, 6.45) is 1.21. The summed E-state index contributed by atoms with van der Waals surface area (Å²) in [6, 6.07) is 19.4. The summed E-state index contributed by atoms with van der Waals surface area (Å²) >= 11 is 2.01. The number of thioether (sulfide) groups is 1. The van der Waals surface area contributed by atoms with Crippen LogP contribution in [0.15, 0.2) is 59.6 Å². The number of benzene rings is 2. The fourth-order valence-electron chi connectivity index (χ4n) is 3.41. The standard InChI is InChI=1S/C20H22N2OS.ClH/c1-23-17-9-7-15(8-10-17)14-24-19-11-12-22-13-18(21-20(19)22)16-5-3-2-4-6-16;/h2-10,18-19H,11-14H2,1H3;1H. The summed E-state index contributed by atoms with van der Waals surface area (Å²) in [4.78, 5) is 7.52. The Morgan fingerprint density at radius 3 is 2.60 bits per heavy atom. The van der Waals surface area contributed by atoms with Gasteiger partial charge in [-0.1, -0.05) is 42.5 Å². The predicted molar refractivity (Wildman–Crippen MR) is 108 cm³/mol. The molecule has 2 aliphatic heterocycles. The van der Waals surface area contributed by atoms with Crippen molar-refractivity contribution < 1.29 is 4.74 Å². The van der Waals surface area contributed by atoms with E-state index in [1.165, 1.54) is 23.4 Å². The van der Waals surface area contributed by atoms with Gasteiger partial charge in [-0.05, 0) is 29.7 Å². The van der Waals surface area contributed by atoms with Crippen LogP contribution in [-0.2, 0) is 5.75 Å². The predicted octanol–water partition coefficient (Wildman–Crippen LogP) is 4.58. The van der Waals surface area contributed by atoms with Gasteiger partial charge in [0.1, 0.15) is 11.6 Å². The third kappa shape index (κ3) is 3.96. The SMILES string of the molecule is COc1ccc(CSC2CCN3CC(c4ccccc4)N=C23)cc1.Cl. The minimum Gasteiger partial charge on any atom is -0.497 e. The lowest BCUT2D eigenvalue weighted by atomic mass is 10.1. The van der Waals surface area contributed by atoms with Gasteiger partial charge in [0.2, 0.25) is 0 Å². The molecule has 0 bridgehead atoms. The third-order valence-electron chi connectivity index (χ3n) is 4.75. The molecule has 132 valence electrons. The number of aliphatic imine (C=N–C) groups is 1. The number of fused-ring (bicyclic) bond motifs is 1. The Morgan fingerprint density at radius 1 is 1.12 bits per heavy atom. The molecule has 2 aliphatic rings. The van der Waals surface area contributed by atoms with Gasteiger partial charge in [-0.25, -0.2) is 0 Å². The lowest BCUT2D eigenvalue weighted by molar-refractivity contribution is 0.414. The van der Waals surface area contributed by atoms with E-state index in [1.54, 1.807) is 7.11 Å². The van der Waals surface area contributed by atoms with Crippen LogP contribution in [0.25, 0.3) is 0 Å². The van der Waals surface area contributed by atoms with E-state index in [1.807, 2.05) is 23.9 Å². The first-order chi connectivity index (χ1) is 11.8. The molecule has 0 amide bonds. The summed E-state index contributed by atoms with van der Waals surface area (Å²) in [5, 5.41) is 0.529. The molecule has 2 atom stereocenters. The molecule has 5 heteroatoms. The third-order valence-corrected chi connectivity index (χ3v) is 6.10. The first-order valence-corrected chi connectivity index (χ1v) is 9.50. The average Bonchev–Trinajstić information content (AvgIpc) is 3.22. The van der Waals surface area contributed by atoms with E-state index >= 15 is 0 Å². The van der Waals surface area contributed by atoms with Gasteiger partial charge in [-0.15, -0.1) is 24.2 Å². The van der Waals surface area contributed by atoms with E-state index in [0.717, 1.165) is 24.6 Å². The number of hydrogen-bond donors (Lipinski definition) is 0. The number of rotatable bonds is 5. The van der Waals surface area contributed by atoms with Crippen LogP contribution in [-0.4, -0.2) is 36.2 Å². The van der Waals surface area contributed by atoms with Gasteiger partial charge in [0.25, 0.3) is 0 Å². The van der Waals surface area contributed by atoms with E-state index in [-0.39, 0.29) is 12.4 Å². The Hall–Kier alpha value is -1.65. The summed E-state index contributed by atoms with van der Waals surface area (Å²) in [5.74, 6) is 3.25. The van der Waals surface area contributed by atoms with Crippen molar-refractivity contribution in [2.45, 2.75) is 23.5 Å². The number of halogens is 1. The largest absolute Gasteiger partial charge is 0.497 e. The molecular formula is C20H23ClN2OS. The second kappa shape index (κ2) is 8.15. The maximum Gasteiger partial charge on any atom is 0.118 e. The van der Waals surface area contributed by atoms with Gasteiger partial charge in [-0.3, -0.25) is 4.99 Å². The highest BCUT2D eigenvalue weighted by atomic mass is 35.5. The molecule has 3 nitrogen and oxygen atoms in total. The molecule has 25 heavy (non-hydrogen) atoms. The second-order valence-electron chi connectivity index (χ2n) is 6.30. The Balaban J connectivity index is 0.00000182. The quantitative estimate of drug-likeness (QED) is 0.765. The Kier molecular flexibility index (Phi) is 5.92. The minimum atomic E-state index is 0. The monoisotopic (exact) mass is 374 g/mol. The molecule has 1 saturated heterocycles. The number of amidine groups is 1. The highest BCUT2D eigenvalue weighted by molar-refractivity contribution is 7.99. The van der Waals surface area contributed by atoms with Crippen LogP contribution in [0.2, 0.25) is 0 Å². The van der Waals surface area contributed by atoms with Gasteiger partial charge in [-0.2, -0.15) is 0 Å². The lowest BCUT2D eigenvalue weighted by Gasteiger charge is -2.14.